The first-order chi connectivity index (χ1) is 24.6. The molecule has 7 rings (SSSR count). The average molecular weight is 749 g/mol. The molecule has 2 bridgehead atoms. The van der Waals surface area contributed by atoms with Gasteiger partial charge in [0.25, 0.3) is 5.91 Å². The van der Waals surface area contributed by atoms with Gasteiger partial charge >= 0.3 is 10.8 Å². The number of hydrogen-bond acceptors (Lipinski definition) is 12. The quantitative estimate of drug-likeness (QED) is 0.0895. The van der Waals surface area contributed by atoms with Crippen LogP contribution in [0, 0.1) is 11.8 Å². The Bertz CT molecular complexity index is 1990. The SMILES string of the molecule is CN(CCNC(=O)c1ccc(CNC[C@H](O)c2ccc(O)c3[nH]c(=O)sc23)cc1)C1CC2CCC1C2OC(=O)C(O)(c1cccs1)c1cccs1. The molecule has 2 aliphatic carbocycles. The topological polar surface area (TPSA) is 164 Å². The van der Waals surface area contributed by atoms with Gasteiger partial charge in [-0.1, -0.05) is 41.7 Å². The minimum absolute atomic E-state index is 0.0343. The Morgan fingerprint density at radius 1 is 1.06 bits per heavy atom. The van der Waals surface area contributed by atoms with Crippen molar-refractivity contribution in [1.82, 2.24) is 20.5 Å². The number of amides is 1. The normalized spacial score (nSPS) is 20.6. The van der Waals surface area contributed by atoms with Crippen LogP contribution in [0.25, 0.3) is 10.2 Å². The summed E-state index contributed by atoms with van der Waals surface area (Å²) in [5.74, 6) is -0.408. The lowest BCUT2D eigenvalue weighted by Gasteiger charge is -2.32. The van der Waals surface area contributed by atoms with Gasteiger partial charge in [0, 0.05) is 49.3 Å². The van der Waals surface area contributed by atoms with Crippen LogP contribution in [0.15, 0.2) is 76.2 Å². The van der Waals surface area contributed by atoms with E-state index in [1.807, 2.05) is 42.1 Å². The summed E-state index contributed by atoms with van der Waals surface area (Å²) in [6.07, 6.45) is 1.72. The number of thiophene rings is 2. The molecule has 1 amide bonds. The second kappa shape index (κ2) is 15.0. The number of aromatic amines is 1. The number of ether oxygens (including phenoxy) is 1. The predicted octanol–water partition coefficient (Wildman–Crippen LogP) is 4.55. The number of esters is 1. The first kappa shape index (κ1) is 35.5. The number of thiazole rings is 1. The summed E-state index contributed by atoms with van der Waals surface area (Å²) in [5, 5.41) is 42.4. The summed E-state index contributed by atoms with van der Waals surface area (Å²) in [4.78, 5) is 44.0. The molecule has 51 heavy (non-hydrogen) atoms. The van der Waals surface area contributed by atoms with Crippen molar-refractivity contribution in [1.29, 1.82) is 0 Å². The number of phenolic OH excluding ortho intramolecular Hbond substituents is 1. The summed E-state index contributed by atoms with van der Waals surface area (Å²) in [7, 11) is 2.05. The van der Waals surface area contributed by atoms with Gasteiger partial charge in [0.05, 0.1) is 20.6 Å². The maximum Gasteiger partial charge on any atom is 0.349 e. The molecule has 2 fully saturated rings. The molecule has 2 aromatic carbocycles. The van der Waals surface area contributed by atoms with Crippen molar-refractivity contribution in [2.75, 3.05) is 26.7 Å². The van der Waals surface area contributed by atoms with Crippen LogP contribution in [0.2, 0.25) is 0 Å². The fourth-order valence-electron chi connectivity index (χ4n) is 7.58. The Balaban J connectivity index is 0.871. The van der Waals surface area contributed by atoms with Crippen molar-refractivity contribution in [2.45, 2.75) is 49.7 Å². The van der Waals surface area contributed by atoms with Gasteiger partial charge in [0.15, 0.2) is 0 Å². The highest BCUT2D eigenvalue weighted by atomic mass is 32.1. The maximum atomic E-state index is 13.6. The second-order valence-corrected chi connectivity index (χ2v) is 16.2. The summed E-state index contributed by atoms with van der Waals surface area (Å²) in [5.41, 5.74) is 0.562. The highest BCUT2D eigenvalue weighted by molar-refractivity contribution is 7.16. The van der Waals surface area contributed by atoms with E-state index in [2.05, 4.69) is 20.5 Å². The Morgan fingerprint density at radius 2 is 1.78 bits per heavy atom. The molecule has 6 N–H and O–H groups in total. The van der Waals surface area contributed by atoms with Crippen molar-refractivity contribution in [3.8, 4) is 5.75 Å². The number of aliphatic hydroxyl groups is 2. The first-order valence-electron chi connectivity index (χ1n) is 17.0. The number of carbonyl (C=O) groups is 2. The van der Waals surface area contributed by atoms with E-state index in [-0.39, 0.29) is 47.1 Å². The van der Waals surface area contributed by atoms with Gasteiger partial charge in [-0.2, -0.15) is 0 Å². The number of H-pyrrole nitrogens is 1. The van der Waals surface area contributed by atoms with E-state index in [0.29, 0.717) is 50.7 Å². The number of hydrogen-bond donors (Lipinski definition) is 6. The Hall–Kier alpha value is -3.89. The Morgan fingerprint density at radius 3 is 2.47 bits per heavy atom. The third kappa shape index (κ3) is 7.14. The number of aromatic hydroxyl groups is 1. The molecule has 0 spiro atoms. The van der Waals surface area contributed by atoms with Gasteiger partial charge in [0.2, 0.25) is 5.60 Å². The fraction of sp³-hybridized carbons (Fsp3) is 0.378. The third-order valence-electron chi connectivity index (χ3n) is 10.2. The highest BCUT2D eigenvalue weighted by Gasteiger charge is 2.54. The Labute approximate surface area is 306 Å². The molecule has 14 heteroatoms. The summed E-state index contributed by atoms with van der Waals surface area (Å²) in [6, 6.07) is 17.8. The van der Waals surface area contributed by atoms with Crippen molar-refractivity contribution >= 4 is 56.1 Å². The van der Waals surface area contributed by atoms with Crippen LogP contribution < -0.4 is 15.5 Å². The van der Waals surface area contributed by atoms with Gasteiger partial charge in [-0.3, -0.25) is 9.59 Å². The molecular weight excluding hydrogens is 709 g/mol. The van der Waals surface area contributed by atoms with Crippen LogP contribution in [0.4, 0.5) is 0 Å². The van der Waals surface area contributed by atoms with Crippen LogP contribution in [0.1, 0.15) is 56.6 Å². The maximum absolute atomic E-state index is 13.6. The van der Waals surface area contributed by atoms with Crippen LogP contribution >= 0.6 is 34.0 Å². The molecule has 5 atom stereocenters. The molecule has 5 aromatic rings. The molecule has 11 nitrogen and oxygen atoms in total. The smallest absolute Gasteiger partial charge is 0.349 e. The van der Waals surface area contributed by atoms with Crippen molar-refractivity contribution in [3.63, 3.8) is 0 Å². The van der Waals surface area contributed by atoms with Crippen molar-refractivity contribution in [2.24, 2.45) is 11.8 Å². The second-order valence-electron chi connectivity index (χ2n) is 13.3. The molecule has 4 unspecified atom stereocenters. The number of rotatable bonds is 14. The first-order valence-corrected chi connectivity index (χ1v) is 19.5. The third-order valence-corrected chi connectivity index (χ3v) is 13.1. The molecule has 0 aliphatic heterocycles. The number of phenols is 1. The van der Waals surface area contributed by atoms with E-state index in [4.69, 9.17) is 4.74 Å². The molecule has 0 radical (unpaired) electrons. The zero-order chi connectivity index (χ0) is 35.7. The number of benzene rings is 2. The van der Waals surface area contributed by atoms with Crippen LogP contribution in [0.3, 0.4) is 0 Å². The zero-order valence-electron chi connectivity index (χ0n) is 27.9. The average Bonchev–Trinajstić information content (AvgIpc) is 3.98. The number of aromatic nitrogens is 1. The number of likely N-dealkylation sites (N-methyl/N-ethyl adjacent to an activating group) is 1. The standard InChI is InChI=1S/C37H40N4O7S3/c1-41(26-18-23-10-11-24(26)32(23)48-35(45)37(47,29-4-2-16-49-29)30-5-3-17-50-30)15-14-39-34(44)22-8-6-21(7-9-22)19-38-20-28(43)25-12-13-27(42)31-33(25)51-36(46)40-31/h2-9,12-13,16-17,23-24,26,28,32,38,42-43,47H,10-11,14-15,18-20H2,1H3,(H,39,44)(H,40,46)/t23?,24?,26?,28-,32?/m0/s1. The molecule has 3 heterocycles. The minimum atomic E-state index is -1.82. The summed E-state index contributed by atoms with van der Waals surface area (Å²) in [6.45, 7) is 1.81. The van der Waals surface area contributed by atoms with Gasteiger partial charge in [-0.15, -0.1) is 22.7 Å². The number of nitrogens with one attached hydrogen (secondary N) is 3. The molecule has 0 saturated heterocycles. The van der Waals surface area contributed by atoms with Crippen LogP contribution in [0.5, 0.6) is 5.75 Å². The van der Waals surface area contributed by atoms with E-state index in [1.54, 1.807) is 30.3 Å². The van der Waals surface area contributed by atoms with E-state index in [0.717, 1.165) is 36.2 Å². The minimum Gasteiger partial charge on any atom is -0.506 e. The van der Waals surface area contributed by atoms with E-state index in [9.17, 15) is 29.7 Å². The largest absolute Gasteiger partial charge is 0.506 e. The van der Waals surface area contributed by atoms with Gasteiger partial charge in [0.1, 0.15) is 17.4 Å². The summed E-state index contributed by atoms with van der Waals surface area (Å²) < 4.78 is 6.70. The number of nitrogens with zero attached hydrogens (tertiary/aromatic N) is 1. The highest BCUT2D eigenvalue weighted by Crippen LogP contribution is 2.49. The molecule has 268 valence electrons. The van der Waals surface area contributed by atoms with Gasteiger partial charge in [-0.05, 0) is 78.9 Å². The van der Waals surface area contributed by atoms with E-state index in [1.165, 1.54) is 28.7 Å². The molecule has 2 aliphatic rings. The van der Waals surface area contributed by atoms with Crippen LogP contribution in [-0.2, 0) is 21.7 Å². The molecule has 3 aromatic heterocycles. The van der Waals surface area contributed by atoms with E-state index >= 15 is 0 Å². The fourth-order valence-corrected chi connectivity index (χ4v) is 10.2. The van der Waals surface area contributed by atoms with Crippen molar-refractivity contribution in [3.05, 3.63) is 108 Å². The summed E-state index contributed by atoms with van der Waals surface area (Å²) >= 11 is 3.63. The number of carbonyl (C=O) groups excluding carboxylic acids is 2. The predicted molar refractivity (Wildman–Crippen MR) is 198 cm³/mol. The lowest BCUT2D eigenvalue weighted by molar-refractivity contribution is -0.170. The Kier molecular flexibility index (Phi) is 10.4. The molecular formula is C37H40N4O7S3. The molecule has 2 saturated carbocycles. The number of aliphatic hydroxyl groups excluding tert-OH is 1. The van der Waals surface area contributed by atoms with Crippen LogP contribution in [-0.4, -0.2) is 75.9 Å². The van der Waals surface area contributed by atoms with Gasteiger partial charge in [-0.25, -0.2) is 4.79 Å². The van der Waals surface area contributed by atoms with E-state index < -0.39 is 17.7 Å². The zero-order valence-corrected chi connectivity index (χ0v) is 30.4. The van der Waals surface area contributed by atoms with Gasteiger partial charge < -0.3 is 40.6 Å². The van der Waals surface area contributed by atoms with Crippen molar-refractivity contribution < 1.29 is 29.6 Å². The number of fused-ring (bicyclic) bond motifs is 3. The lowest BCUT2D eigenvalue weighted by Crippen LogP contribution is -2.43. The monoisotopic (exact) mass is 748 g/mol. The lowest BCUT2D eigenvalue weighted by atomic mass is 9.94.